The normalized spacial score (nSPS) is 12.5. The second kappa shape index (κ2) is 9.13. The molecule has 1 aliphatic rings. The van der Waals surface area contributed by atoms with E-state index in [-0.39, 0.29) is 30.8 Å². The summed E-state index contributed by atoms with van der Waals surface area (Å²) in [5, 5.41) is 8.71. The van der Waals surface area contributed by atoms with Crippen molar-refractivity contribution in [1.82, 2.24) is 5.32 Å². The minimum atomic E-state index is -0.262. The van der Waals surface area contributed by atoms with Gasteiger partial charge in [0, 0.05) is 12.2 Å². The summed E-state index contributed by atoms with van der Waals surface area (Å²) in [6.45, 7) is 0.313. The highest BCUT2D eigenvalue weighted by Crippen LogP contribution is 2.29. The number of carbonyl (C=O) groups excluding carboxylic acids is 3. The summed E-state index contributed by atoms with van der Waals surface area (Å²) in [6.07, 6.45) is 0. The second-order valence-electron chi connectivity index (χ2n) is 7.11. The van der Waals surface area contributed by atoms with Crippen LogP contribution in [-0.2, 0) is 16.1 Å². The van der Waals surface area contributed by atoms with Gasteiger partial charge < -0.3 is 16.0 Å². The van der Waals surface area contributed by atoms with Crippen molar-refractivity contribution < 1.29 is 14.4 Å². The monoisotopic (exact) mass is 414 g/mol. The molecule has 7 nitrogen and oxygen atoms in total. The summed E-state index contributed by atoms with van der Waals surface area (Å²) in [5.41, 5.74) is 3.26. The van der Waals surface area contributed by atoms with E-state index in [2.05, 4.69) is 16.0 Å². The third-order valence-electron chi connectivity index (χ3n) is 4.97. The number of rotatable bonds is 6. The number of anilines is 3. The third-order valence-corrected chi connectivity index (χ3v) is 4.97. The molecule has 0 saturated heterocycles. The first-order valence-corrected chi connectivity index (χ1v) is 9.96. The molecule has 3 N–H and O–H groups in total. The molecule has 0 spiro atoms. The number of nitrogens with one attached hydrogen (secondary N) is 3. The van der Waals surface area contributed by atoms with Crippen LogP contribution in [0.4, 0.5) is 17.1 Å². The van der Waals surface area contributed by atoms with Gasteiger partial charge in [-0.2, -0.15) is 0 Å². The molecule has 3 amide bonds. The lowest BCUT2D eigenvalue weighted by atomic mass is 10.1. The number of nitrogens with zero attached hydrogens (tertiary/aromatic N) is 1. The highest BCUT2D eigenvalue weighted by atomic mass is 16.2. The van der Waals surface area contributed by atoms with Gasteiger partial charge in [-0.1, -0.05) is 54.6 Å². The molecule has 3 aromatic rings. The van der Waals surface area contributed by atoms with Gasteiger partial charge in [-0.25, -0.2) is 0 Å². The summed E-state index contributed by atoms with van der Waals surface area (Å²) in [4.78, 5) is 39.0. The number of hydrogen-bond donors (Lipinski definition) is 3. The van der Waals surface area contributed by atoms with Crippen molar-refractivity contribution in [1.29, 1.82) is 0 Å². The van der Waals surface area contributed by atoms with Gasteiger partial charge in [0.15, 0.2) is 0 Å². The Morgan fingerprint density at radius 1 is 0.903 bits per heavy atom. The quantitative estimate of drug-likeness (QED) is 0.578. The third kappa shape index (κ3) is 4.72. The first-order valence-electron chi connectivity index (χ1n) is 9.96. The first-order chi connectivity index (χ1) is 15.1. The Labute approximate surface area is 180 Å². The molecule has 0 atom stereocenters. The van der Waals surface area contributed by atoms with Gasteiger partial charge in [-0.05, 0) is 29.8 Å². The van der Waals surface area contributed by atoms with Crippen LogP contribution in [-0.4, -0.2) is 30.8 Å². The zero-order valence-electron chi connectivity index (χ0n) is 16.8. The topological polar surface area (TPSA) is 90.5 Å². The maximum absolute atomic E-state index is 12.9. The van der Waals surface area contributed by atoms with Crippen LogP contribution in [0.2, 0.25) is 0 Å². The Kier molecular flexibility index (Phi) is 5.93. The van der Waals surface area contributed by atoms with Gasteiger partial charge in [0.05, 0.1) is 23.5 Å². The minimum Gasteiger partial charge on any atom is -0.375 e. The number of hydrogen-bond acceptors (Lipinski definition) is 4. The molecule has 7 heteroatoms. The van der Waals surface area contributed by atoms with Crippen LogP contribution in [0, 0.1) is 0 Å². The zero-order valence-corrected chi connectivity index (χ0v) is 16.8. The number of fused-ring (bicyclic) bond motifs is 1. The molecule has 1 aliphatic heterocycles. The Bertz CT molecular complexity index is 1110. The average Bonchev–Trinajstić information content (AvgIpc) is 2.81. The average molecular weight is 414 g/mol. The van der Waals surface area contributed by atoms with Crippen LogP contribution in [0.5, 0.6) is 0 Å². The van der Waals surface area contributed by atoms with Crippen molar-refractivity contribution >= 4 is 34.8 Å². The second-order valence-corrected chi connectivity index (χ2v) is 7.11. The van der Waals surface area contributed by atoms with Crippen molar-refractivity contribution in [3.05, 3.63) is 90.0 Å². The van der Waals surface area contributed by atoms with Gasteiger partial charge in [-0.15, -0.1) is 0 Å². The van der Waals surface area contributed by atoms with Crippen LogP contribution in [0.3, 0.4) is 0 Å². The number of carbonyl (C=O) groups is 3. The lowest BCUT2D eigenvalue weighted by Gasteiger charge is -2.29. The molecule has 4 rings (SSSR count). The Morgan fingerprint density at radius 2 is 1.61 bits per heavy atom. The summed E-state index contributed by atoms with van der Waals surface area (Å²) in [6, 6.07) is 23.8. The standard InChI is InChI=1S/C24H22N4O3/c29-22-16-28(21-13-7-6-12-20(21)27-22)23(30)15-25-19-11-5-4-10-18(19)24(31)26-14-17-8-2-1-3-9-17/h1-13,25H,14-16H2,(H,26,31)(H,27,29). The van der Waals surface area contributed by atoms with Crippen molar-refractivity contribution in [2.45, 2.75) is 6.54 Å². The van der Waals surface area contributed by atoms with E-state index in [0.29, 0.717) is 29.2 Å². The van der Waals surface area contributed by atoms with Gasteiger partial charge in [0.1, 0.15) is 6.54 Å². The predicted octanol–water partition coefficient (Wildman–Crippen LogP) is 3.01. The van der Waals surface area contributed by atoms with Crippen LogP contribution in [0.25, 0.3) is 0 Å². The molecule has 1 heterocycles. The first kappa shape index (κ1) is 20.2. The summed E-state index contributed by atoms with van der Waals surface area (Å²) in [7, 11) is 0. The van der Waals surface area contributed by atoms with Crippen molar-refractivity contribution in [2.75, 3.05) is 28.6 Å². The van der Waals surface area contributed by atoms with E-state index in [1.165, 1.54) is 4.90 Å². The predicted molar refractivity (Wildman–Crippen MR) is 120 cm³/mol. The van der Waals surface area contributed by atoms with E-state index in [4.69, 9.17) is 0 Å². The highest BCUT2D eigenvalue weighted by Gasteiger charge is 2.26. The molecule has 31 heavy (non-hydrogen) atoms. The largest absolute Gasteiger partial charge is 0.375 e. The van der Waals surface area contributed by atoms with Gasteiger partial charge in [0.25, 0.3) is 5.91 Å². The van der Waals surface area contributed by atoms with Crippen molar-refractivity contribution in [3.8, 4) is 0 Å². The lowest BCUT2D eigenvalue weighted by Crippen LogP contribution is -2.44. The van der Waals surface area contributed by atoms with Crippen LogP contribution in [0.1, 0.15) is 15.9 Å². The van der Waals surface area contributed by atoms with Gasteiger partial charge in [0.2, 0.25) is 11.8 Å². The van der Waals surface area contributed by atoms with Crippen LogP contribution >= 0.6 is 0 Å². The molecule has 0 unspecified atom stereocenters. The fourth-order valence-corrected chi connectivity index (χ4v) is 3.43. The highest BCUT2D eigenvalue weighted by molar-refractivity contribution is 6.11. The number of para-hydroxylation sites is 3. The van der Waals surface area contributed by atoms with E-state index < -0.39 is 0 Å². The Hall–Kier alpha value is -4.13. The molecule has 0 radical (unpaired) electrons. The number of benzene rings is 3. The van der Waals surface area contributed by atoms with Gasteiger partial charge >= 0.3 is 0 Å². The molecule has 0 bridgehead atoms. The molecule has 0 saturated carbocycles. The molecule has 156 valence electrons. The van der Waals surface area contributed by atoms with E-state index in [9.17, 15) is 14.4 Å². The molecule has 3 aromatic carbocycles. The maximum Gasteiger partial charge on any atom is 0.253 e. The summed E-state index contributed by atoms with van der Waals surface area (Å²) < 4.78 is 0. The minimum absolute atomic E-state index is 0.0449. The maximum atomic E-state index is 12.9. The lowest BCUT2D eigenvalue weighted by molar-refractivity contribution is -0.120. The Morgan fingerprint density at radius 3 is 2.45 bits per heavy atom. The van der Waals surface area contributed by atoms with Crippen LogP contribution in [0.15, 0.2) is 78.9 Å². The van der Waals surface area contributed by atoms with Crippen molar-refractivity contribution in [3.63, 3.8) is 0 Å². The molecular formula is C24H22N4O3. The van der Waals surface area contributed by atoms with Crippen molar-refractivity contribution in [2.24, 2.45) is 0 Å². The Balaban J connectivity index is 1.43. The van der Waals surface area contributed by atoms with E-state index in [1.807, 2.05) is 36.4 Å². The fourth-order valence-electron chi connectivity index (χ4n) is 3.43. The molecule has 0 fully saturated rings. The molecule has 0 aliphatic carbocycles. The summed E-state index contributed by atoms with van der Waals surface area (Å²) >= 11 is 0. The van der Waals surface area contributed by atoms with E-state index >= 15 is 0 Å². The summed E-state index contributed by atoms with van der Waals surface area (Å²) in [5.74, 6) is -0.739. The molecular weight excluding hydrogens is 392 g/mol. The van der Waals surface area contributed by atoms with E-state index in [0.717, 1.165) is 5.56 Å². The van der Waals surface area contributed by atoms with Gasteiger partial charge in [-0.3, -0.25) is 19.3 Å². The van der Waals surface area contributed by atoms with Crippen LogP contribution < -0.4 is 20.9 Å². The fraction of sp³-hybridized carbons (Fsp3) is 0.125. The zero-order chi connectivity index (χ0) is 21.6. The molecule has 0 aromatic heterocycles. The SMILES string of the molecule is O=C1CN(C(=O)CNc2ccccc2C(=O)NCc2ccccc2)c2ccccc2N1. The smallest absolute Gasteiger partial charge is 0.253 e. The number of amides is 3. The van der Waals surface area contributed by atoms with E-state index in [1.54, 1.807) is 42.5 Å².